The Bertz CT molecular complexity index is 588. The highest BCUT2D eigenvalue weighted by Crippen LogP contribution is 2.37. The van der Waals surface area contributed by atoms with Gasteiger partial charge >= 0.3 is 0 Å². The molecule has 2 aromatic rings. The molecule has 0 bridgehead atoms. The number of hydrogen-bond donors (Lipinski definition) is 1. The summed E-state index contributed by atoms with van der Waals surface area (Å²) in [5.74, 6) is 0.858. The minimum absolute atomic E-state index is 0.208. The standard InChI is InChI=1S/C16H20N2OS/c1-19-13-7-5-6-12(10-13)14-11-20-15(18-14)16(17)8-3-2-4-9-16/h5-7,10-11H,2-4,8-9,17H2,1H3. The Hall–Kier alpha value is -1.39. The number of nitrogens with two attached hydrogens (primary N) is 1. The second-order valence-electron chi connectivity index (χ2n) is 5.49. The molecule has 0 amide bonds. The van der Waals surface area contributed by atoms with E-state index >= 15 is 0 Å². The van der Waals surface area contributed by atoms with E-state index < -0.39 is 0 Å². The first-order valence-corrected chi connectivity index (χ1v) is 7.98. The van der Waals surface area contributed by atoms with Gasteiger partial charge < -0.3 is 10.5 Å². The van der Waals surface area contributed by atoms with Crippen LogP contribution in [0.2, 0.25) is 0 Å². The van der Waals surface area contributed by atoms with Gasteiger partial charge in [-0.15, -0.1) is 11.3 Å². The predicted octanol–water partition coefficient (Wildman–Crippen LogP) is 3.94. The first-order chi connectivity index (χ1) is 9.71. The maximum atomic E-state index is 6.55. The van der Waals surface area contributed by atoms with Gasteiger partial charge in [0, 0.05) is 10.9 Å². The van der Waals surface area contributed by atoms with Gasteiger partial charge in [-0.1, -0.05) is 31.4 Å². The number of aromatic nitrogens is 1. The van der Waals surface area contributed by atoms with E-state index in [9.17, 15) is 0 Å². The van der Waals surface area contributed by atoms with Crippen LogP contribution in [0.5, 0.6) is 5.75 Å². The van der Waals surface area contributed by atoms with Crippen molar-refractivity contribution in [2.24, 2.45) is 5.73 Å². The quantitative estimate of drug-likeness (QED) is 0.930. The molecule has 1 aromatic heterocycles. The van der Waals surface area contributed by atoms with E-state index in [4.69, 9.17) is 15.5 Å². The van der Waals surface area contributed by atoms with E-state index in [0.29, 0.717) is 0 Å². The van der Waals surface area contributed by atoms with Crippen LogP contribution in [0.25, 0.3) is 11.3 Å². The molecule has 4 heteroatoms. The van der Waals surface area contributed by atoms with Gasteiger partial charge in [0.25, 0.3) is 0 Å². The van der Waals surface area contributed by atoms with Gasteiger partial charge in [-0.2, -0.15) is 0 Å². The lowest BCUT2D eigenvalue weighted by Gasteiger charge is -2.31. The molecule has 0 unspecified atom stereocenters. The fraction of sp³-hybridized carbons (Fsp3) is 0.438. The van der Waals surface area contributed by atoms with Crippen molar-refractivity contribution in [1.29, 1.82) is 0 Å². The molecule has 0 radical (unpaired) electrons. The number of methoxy groups -OCH3 is 1. The molecule has 1 fully saturated rings. The lowest BCUT2D eigenvalue weighted by molar-refractivity contribution is 0.301. The Kier molecular flexibility index (Phi) is 3.76. The van der Waals surface area contributed by atoms with Crippen molar-refractivity contribution < 1.29 is 4.74 Å². The van der Waals surface area contributed by atoms with Gasteiger partial charge in [-0.05, 0) is 25.0 Å². The molecule has 3 nitrogen and oxygen atoms in total. The molecule has 1 aliphatic rings. The lowest BCUT2D eigenvalue weighted by Crippen LogP contribution is -2.38. The Morgan fingerprint density at radius 3 is 2.80 bits per heavy atom. The van der Waals surface area contributed by atoms with E-state index in [1.54, 1.807) is 18.4 Å². The second kappa shape index (κ2) is 5.54. The van der Waals surface area contributed by atoms with Crippen LogP contribution in [0.1, 0.15) is 37.1 Å². The van der Waals surface area contributed by atoms with Gasteiger partial charge in [0.2, 0.25) is 0 Å². The summed E-state index contributed by atoms with van der Waals surface area (Å²) in [4.78, 5) is 4.79. The number of hydrogen-bond acceptors (Lipinski definition) is 4. The van der Waals surface area contributed by atoms with Crippen molar-refractivity contribution in [3.05, 3.63) is 34.7 Å². The first kappa shape index (κ1) is 13.6. The summed E-state index contributed by atoms with van der Waals surface area (Å²) in [7, 11) is 1.68. The molecule has 1 saturated carbocycles. The van der Waals surface area contributed by atoms with Gasteiger partial charge in [0.05, 0.1) is 18.3 Å². The zero-order valence-electron chi connectivity index (χ0n) is 11.8. The van der Waals surface area contributed by atoms with Crippen LogP contribution >= 0.6 is 11.3 Å². The zero-order valence-corrected chi connectivity index (χ0v) is 12.6. The van der Waals surface area contributed by atoms with E-state index in [1.807, 2.05) is 18.2 Å². The van der Waals surface area contributed by atoms with Crippen LogP contribution < -0.4 is 10.5 Å². The van der Waals surface area contributed by atoms with Crippen molar-refractivity contribution in [3.8, 4) is 17.0 Å². The lowest BCUT2D eigenvalue weighted by atomic mass is 9.83. The molecule has 3 rings (SSSR count). The van der Waals surface area contributed by atoms with Gasteiger partial charge in [-0.25, -0.2) is 4.98 Å². The van der Waals surface area contributed by atoms with Crippen molar-refractivity contribution in [3.63, 3.8) is 0 Å². The molecular formula is C16H20N2OS. The molecule has 20 heavy (non-hydrogen) atoms. The number of benzene rings is 1. The van der Waals surface area contributed by atoms with Crippen LogP contribution in [0.4, 0.5) is 0 Å². The molecule has 0 spiro atoms. The number of thiazole rings is 1. The van der Waals surface area contributed by atoms with Gasteiger partial charge in [0.15, 0.2) is 0 Å². The molecular weight excluding hydrogens is 268 g/mol. The number of ether oxygens (including phenoxy) is 1. The molecule has 2 N–H and O–H groups in total. The molecule has 1 aliphatic carbocycles. The average molecular weight is 288 g/mol. The van der Waals surface area contributed by atoms with E-state index in [2.05, 4.69) is 11.4 Å². The summed E-state index contributed by atoms with van der Waals surface area (Å²) >= 11 is 1.69. The summed E-state index contributed by atoms with van der Waals surface area (Å²) in [5.41, 5.74) is 8.43. The second-order valence-corrected chi connectivity index (χ2v) is 6.34. The first-order valence-electron chi connectivity index (χ1n) is 7.11. The number of nitrogens with zero attached hydrogens (tertiary/aromatic N) is 1. The van der Waals surface area contributed by atoms with Crippen molar-refractivity contribution >= 4 is 11.3 Å². The topological polar surface area (TPSA) is 48.1 Å². The summed E-state index contributed by atoms with van der Waals surface area (Å²) in [5, 5.41) is 3.18. The highest BCUT2D eigenvalue weighted by atomic mass is 32.1. The van der Waals surface area contributed by atoms with Crippen LogP contribution in [0, 0.1) is 0 Å². The van der Waals surface area contributed by atoms with Gasteiger partial charge in [0.1, 0.15) is 10.8 Å². The Morgan fingerprint density at radius 1 is 1.25 bits per heavy atom. The van der Waals surface area contributed by atoms with E-state index in [0.717, 1.165) is 34.9 Å². The molecule has 0 atom stereocenters. The van der Waals surface area contributed by atoms with Crippen molar-refractivity contribution in [2.75, 3.05) is 7.11 Å². The Labute approximate surface area is 123 Å². The van der Waals surface area contributed by atoms with Crippen LogP contribution in [0.15, 0.2) is 29.6 Å². The highest BCUT2D eigenvalue weighted by molar-refractivity contribution is 7.10. The SMILES string of the molecule is COc1cccc(-c2csc(C3(N)CCCCC3)n2)c1. The fourth-order valence-electron chi connectivity index (χ4n) is 2.81. The third kappa shape index (κ3) is 2.58. The summed E-state index contributed by atoms with van der Waals surface area (Å²) < 4.78 is 5.27. The monoisotopic (exact) mass is 288 g/mol. The summed E-state index contributed by atoms with van der Waals surface area (Å²) in [6.07, 6.45) is 5.83. The fourth-order valence-corrected chi connectivity index (χ4v) is 3.82. The highest BCUT2D eigenvalue weighted by Gasteiger charge is 2.32. The van der Waals surface area contributed by atoms with E-state index in [1.165, 1.54) is 19.3 Å². The smallest absolute Gasteiger partial charge is 0.119 e. The molecule has 1 aromatic carbocycles. The molecule has 0 saturated heterocycles. The summed E-state index contributed by atoms with van der Waals surface area (Å²) in [6, 6.07) is 8.02. The Morgan fingerprint density at radius 2 is 2.05 bits per heavy atom. The summed E-state index contributed by atoms with van der Waals surface area (Å²) in [6.45, 7) is 0. The third-order valence-corrected chi connectivity index (χ3v) is 5.10. The number of rotatable bonds is 3. The average Bonchev–Trinajstić information content (AvgIpc) is 2.99. The van der Waals surface area contributed by atoms with Crippen LogP contribution in [-0.4, -0.2) is 12.1 Å². The maximum Gasteiger partial charge on any atom is 0.119 e. The minimum Gasteiger partial charge on any atom is -0.497 e. The molecule has 0 aliphatic heterocycles. The van der Waals surface area contributed by atoms with Gasteiger partial charge in [-0.3, -0.25) is 0 Å². The largest absolute Gasteiger partial charge is 0.497 e. The van der Waals surface area contributed by atoms with Crippen LogP contribution in [-0.2, 0) is 5.54 Å². The van der Waals surface area contributed by atoms with Crippen molar-refractivity contribution in [2.45, 2.75) is 37.6 Å². The molecule has 106 valence electrons. The van der Waals surface area contributed by atoms with Crippen molar-refractivity contribution in [1.82, 2.24) is 4.98 Å². The Balaban J connectivity index is 1.89. The minimum atomic E-state index is -0.208. The van der Waals surface area contributed by atoms with E-state index in [-0.39, 0.29) is 5.54 Å². The predicted molar refractivity (Wildman–Crippen MR) is 83.1 cm³/mol. The zero-order chi connectivity index (χ0) is 14.0. The molecule has 1 heterocycles. The normalized spacial score (nSPS) is 17.9. The van der Waals surface area contributed by atoms with Crippen LogP contribution in [0.3, 0.4) is 0 Å². The maximum absolute atomic E-state index is 6.55. The third-order valence-electron chi connectivity index (χ3n) is 4.04.